The van der Waals surface area contributed by atoms with Crippen LogP contribution in [0.1, 0.15) is 22.3 Å². The van der Waals surface area contributed by atoms with Gasteiger partial charge in [0.1, 0.15) is 5.56 Å². The maximum atomic E-state index is 12.6. The van der Waals surface area contributed by atoms with Crippen LogP contribution in [0.2, 0.25) is 0 Å². The number of nitrogens with two attached hydrogens (primary N) is 1. The van der Waals surface area contributed by atoms with Gasteiger partial charge in [0, 0.05) is 12.0 Å². The van der Waals surface area contributed by atoms with Gasteiger partial charge in [0.25, 0.3) is 0 Å². The summed E-state index contributed by atoms with van der Waals surface area (Å²) < 4.78 is 42.5. The number of aromatic hydroxyl groups is 1. The van der Waals surface area contributed by atoms with Crippen LogP contribution < -0.4 is 10.5 Å². The second-order valence-electron chi connectivity index (χ2n) is 3.53. The summed E-state index contributed by atoms with van der Waals surface area (Å²) in [6.45, 7) is 0.0311. The first kappa shape index (κ1) is 14.3. The third kappa shape index (κ3) is 2.92. The van der Waals surface area contributed by atoms with Crippen molar-refractivity contribution in [2.45, 2.75) is 12.6 Å². The molecule has 0 aromatic heterocycles. The standard InChI is InChI=1S/C11H12F3NO3/c1-18-9-5-6(8(16)2-3-15)4-7(10(9)17)11(12,13)14/h4-5,17H,2-3,15H2,1H3. The summed E-state index contributed by atoms with van der Waals surface area (Å²) in [6.07, 6.45) is -4.85. The van der Waals surface area contributed by atoms with Gasteiger partial charge in [-0.1, -0.05) is 0 Å². The molecule has 1 aromatic rings. The summed E-state index contributed by atoms with van der Waals surface area (Å²) in [5, 5.41) is 9.38. The molecule has 1 rings (SSSR count). The minimum Gasteiger partial charge on any atom is -0.504 e. The summed E-state index contributed by atoms with van der Waals surface area (Å²) in [7, 11) is 1.10. The molecule has 0 aliphatic rings. The van der Waals surface area contributed by atoms with Crippen molar-refractivity contribution in [3.8, 4) is 11.5 Å². The fraction of sp³-hybridized carbons (Fsp3) is 0.364. The molecule has 0 radical (unpaired) electrons. The molecule has 0 bridgehead atoms. The Bertz CT molecular complexity index is 458. The molecule has 0 unspecified atom stereocenters. The van der Waals surface area contributed by atoms with E-state index >= 15 is 0 Å². The van der Waals surface area contributed by atoms with Gasteiger partial charge in [0.15, 0.2) is 17.3 Å². The van der Waals surface area contributed by atoms with Crippen LogP contribution in [0.4, 0.5) is 13.2 Å². The van der Waals surface area contributed by atoms with Gasteiger partial charge in [-0.05, 0) is 18.7 Å². The molecule has 0 spiro atoms. The minimum atomic E-state index is -4.77. The van der Waals surface area contributed by atoms with E-state index in [1.165, 1.54) is 0 Å². The van der Waals surface area contributed by atoms with Crippen molar-refractivity contribution >= 4 is 5.78 Å². The fourth-order valence-electron chi connectivity index (χ4n) is 1.42. The summed E-state index contributed by atoms with van der Waals surface area (Å²) >= 11 is 0. The summed E-state index contributed by atoms with van der Waals surface area (Å²) in [5.41, 5.74) is 3.67. The summed E-state index contributed by atoms with van der Waals surface area (Å²) in [5.74, 6) is -1.97. The number of alkyl halides is 3. The molecule has 100 valence electrons. The lowest BCUT2D eigenvalue weighted by Gasteiger charge is -2.13. The van der Waals surface area contributed by atoms with Crippen LogP contribution in [0.3, 0.4) is 0 Å². The largest absolute Gasteiger partial charge is 0.504 e. The number of halogens is 3. The highest BCUT2D eigenvalue weighted by atomic mass is 19.4. The molecule has 0 saturated heterocycles. The van der Waals surface area contributed by atoms with Crippen molar-refractivity contribution in [1.82, 2.24) is 0 Å². The zero-order chi connectivity index (χ0) is 13.9. The van der Waals surface area contributed by atoms with Crippen LogP contribution in [0.15, 0.2) is 12.1 Å². The van der Waals surface area contributed by atoms with E-state index in [2.05, 4.69) is 4.74 Å². The van der Waals surface area contributed by atoms with Crippen molar-refractivity contribution in [3.63, 3.8) is 0 Å². The Morgan fingerprint density at radius 1 is 1.44 bits per heavy atom. The molecule has 0 aliphatic heterocycles. The average molecular weight is 263 g/mol. The van der Waals surface area contributed by atoms with E-state index in [4.69, 9.17) is 5.73 Å². The highest BCUT2D eigenvalue weighted by Crippen LogP contribution is 2.41. The predicted molar refractivity (Wildman–Crippen MR) is 57.7 cm³/mol. The molecule has 0 fully saturated rings. The number of ether oxygens (including phenoxy) is 1. The van der Waals surface area contributed by atoms with E-state index < -0.39 is 29.0 Å². The molecule has 0 heterocycles. The van der Waals surface area contributed by atoms with E-state index in [0.29, 0.717) is 6.07 Å². The third-order valence-electron chi connectivity index (χ3n) is 2.29. The van der Waals surface area contributed by atoms with Gasteiger partial charge in [-0.15, -0.1) is 0 Å². The molecule has 0 atom stereocenters. The molecule has 1 aromatic carbocycles. The molecule has 3 N–H and O–H groups in total. The predicted octanol–water partition coefficient (Wildman–Crippen LogP) is 1.95. The van der Waals surface area contributed by atoms with Crippen molar-refractivity contribution < 1.29 is 27.8 Å². The van der Waals surface area contributed by atoms with Crippen LogP contribution in [-0.4, -0.2) is 24.5 Å². The highest BCUT2D eigenvalue weighted by Gasteiger charge is 2.36. The molecular weight excluding hydrogens is 251 g/mol. The smallest absolute Gasteiger partial charge is 0.420 e. The van der Waals surface area contributed by atoms with Gasteiger partial charge < -0.3 is 15.6 Å². The van der Waals surface area contributed by atoms with Gasteiger partial charge in [-0.3, -0.25) is 4.79 Å². The molecule has 0 aliphatic carbocycles. The number of Topliss-reactive ketones (excluding diaryl/α,β-unsaturated/α-hetero) is 1. The second kappa shape index (κ2) is 5.26. The number of phenols is 1. The first-order valence-electron chi connectivity index (χ1n) is 5.02. The van der Waals surface area contributed by atoms with E-state index in [-0.39, 0.29) is 18.5 Å². The van der Waals surface area contributed by atoms with E-state index in [9.17, 15) is 23.1 Å². The molecule has 18 heavy (non-hydrogen) atoms. The van der Waals surface area contributed by atoms with Crippen LogP contribution in [0.5, 0.6) is 11.5 Å². The number of phenolic OH excluding ortho intramolecular Hbond substituents is 1. The zero-order valence-corrected chi connectivity index (χ0v) is 9.54. The maximum Gasteiger partial charge on any atom is 0.420 e. The zero-order valence-electron chi connectivity index (χ0n) is 9.54. The van der Waals surface area contributed by atoms with Crippen molar-refractivity contribution in [2.75, 3.05) is 13.7 Å². The number of hydrogen-bond donors (Lipinski definition) is 2. The van der Waals surface area contributed by atoms with E-state index in [1.807, 2.05) is 0 Å². The molecule has 4 nitrogen and oxygen atoms in total. The first-order chi connectivity index (χ1) is 8.31. The van der Waals surface area contributed by atoms with Gasteiger partial charge >= 0.3 is 6.18 Å². The van der Waals surface area contributed by atoms with Crippen LogP contribution in [-0.2, 0) is 6.18 Å². The highest BCUT2D eigenvalue weighted by molar-refractivity contribution is 5.97. The fourth-order valence-corrected chi connectivity index (χ4v) is 1.42. The Hall–Kier alpha value is -1.76. The molecular formula is C11H12F3NO3. The lowest BCUT2D eigenvalue weighted by Crippen LogP contribution is -2.11. The summed E-state index contributed by atoms with van der Waals surface area (Å²) in [6, 6.07) is 1.65. The quantitative estimate of drug-likeness (QED) is 0.814. The van der Waals surface area contributed by atoms with Gasteiger partial charge in [-0.25, -0.2) is 0 Å². The summed E-state index contributed by atoms with van der Waals surface area (Å²) in [4.78, 5) is 11.5. The third-order valence-corrected chi connectivity index (χ3v) is 2.29. The number of ketones is 1. The Morgan fingerprint density at radius 3 is 2.50 bits per heavy atom. The Balaban J connectivity index is 3.35. The maximum absolute atomic E-state index is 12.6. The first-order valence-corrected chi connectivity index (χ1v) is 5.02. The van der Waals surface area contributed by atoms with Crippen molar-refractivity contribution in [1.29, 1.82) is 0 Å². The minimum absolute atomic E-state index is 0.0311. The van der Waals surface area contributed by atoms with Crippen LogP contribution >= 0.6 is 0 Å². The Labute approximate surface area is 101 Å². The van der Waals surface area contributed by atoms with Crippen molar-refractivity contribution in [3.05, 3.63) is 23.3 Å². The van der Waals surface area contributed by atoms with E-state index in [1.54, 1.807) is 0 Å². The number of methoxy groups -OCH3 is 1. The SMILES string of the molecule is COc1cc(C(=O)CCN)cc(C(F)(F)F)c1O. The second-order valence-corrected chi connectivity index (χ2v) is 3.53. The number of carbonyl (C=O) groups excluding carboxylic acids is 1. The molecule has 0 saturated carbocycles. The van der Waals surface area contributed by atoms with Gasteiger partial charge in [-0.2, -0.15) is 13.2 Å². The molecule has 0 amide bonds. The van der Waals surface area contributed by atoms with Crippen LogP contribution in [0, 0.1) is 0 Å². The molecule has 7 heteroatoms. The number of rotatable bonds is 4. The van der Waals surface area contributed by atoms with E-state index in [0.717, 1.165) is 13.2 Å². The Kier molecular flexibility index (Phi) is 4.18. The van der Waals surface area contributed by atoms with Crippen LogP contribution in [0.25, 0.3) is 0 Å². The average Bonchev–Trinajstić information content (AvgIpc) is 2.28. The number of benzene rings is 1. The lowest BCUT2D eigenvalue weighted by atomic mass is 10.0. The Morgan fingerprint density at radius 2 is 2.06 bits per heavy atom. The number of hydrogen-bond acceptors (Lipinski definition) is 4. The van der Waals surface area contributed by atoms with Crippen molar-refractivity contribution in [2.24, 2.45) is 5.73 Å². The lowest BCUT2D eigenvalue weighted by molar-refractivity contribution is -0.138. The number of carbonyl (C=O) groups is 1. The topological polar surface area (TPSA) is 72.5 Å². The van der Waals surface area contributed by atoms with Gasteiger partial charge in [0.2, 0.25) is 0 Å². The normalized spacial score (nSPS) is 11.4. The van der Waals surface area contributed by atoms with Gasteiger partial charge in [0.05, 0.1) is 7.11 Å². The monoisotopic (exact) mass is 263 g/mol.